The van der Waals surface area contributed by atoms with Crippen molar-refractivity contribution >= 4 is 0 Å². The van der Waals surface area contributed by atoms with E-state index in [0.29, 0.717) is 6.54 Å². The highest BCUT2D eigenvalue weighted by atomic mass is 14.5. The van der Waals surface area contributed by atoms with Crippen LogP contribution in [0.25, 0.3) is 0 Å². The Hall–Kier alpha value is -0.860. The lowest BCUT2D eigenvalue weighted by atomic mass is 10.1. The quantitative estimate of drug-likeness (QED) is 0.698. The minimum Gasteiger partial charge on any atom is -0.330 e. The van der Waals surface area contributed by atoms with Gasteiger partial charge in [-0.05, 0) is 30.5 Å². The molecule has 0 bridgehead atoms. The van der Waals surface area contributed by atoms with E-state index >= 15 is 0 Å². The van der Waals surface area contributed by atoms with Crippen molar-refractivity contribution in [2.45, 2.75) is 19.4 Å². The fraction of sp³-hybridized carbons (Fsp3) is 0.400. The minimum absolute atomic E-state index is 0.621. The predicted molar refractivity (Wildman–Crippen MR) is 51.7 cm³/mol. The Morgan fingerprint density at radius 3 is 2.50 bits per heavy atom. The average Bonchev–Trinajstić information content (AvgIpc) is 2.15. The van der Waals surface area contributed by atoms with Crippen LogP contribution in [0.3, 0.4) is 0 Å². The van der Waals surface area contributed by atoms with Gasteiger partial charge in [0.2, 0.25) is 0 Å². The summed E-state index contributed by atoms with van der Waals surface area (Å²) in [5, 5.41) is 0. The summed E-state index contributed by atoms with van der Waals surface area (Å²) in [4.78, 5) is 0. The first kappa shape index (κ1) is 9.23. The summed E-state index contributed by atoms with van der Waals surface area (Å²) in [6, 6.07) is 8.37. The average molecular weight is 164 g/mol. The number of nitrogens with two attached hydrogens (primary N) is 2. The van der Waals surface area contributed by atoms with Gasteiger partial charge in [-0.3, -0.25) is 0 Å². The van der Waals surface area contributed by atoms with Crippen LogP contribution in [0.5, 0.6) is 0 Å². The van der Waals surface area contributed by atoms with Crippen LogP contribution in [0.15, 0.2) is 24.3 Å². The highest BCUT2D eigenvalue weighted by Crippen LogP contribution is 2.06. The SMILES string of the molecule is NCCCc1cccc(CN)c1. The third-order valence-electron chi connectivity index (χ3n) is 1.90. The molecule has 1 rings (SSSR count). The highest BCUT2D eigenvalue weighted by molar-refractivity contribution is 5.23. The third-order valence-corrected chi connectivity index (χ3v) is 1.90. The van der Waals surface area contributed by atoms with Crippen molar-refractivity contribution in [1.29, 1.82) is 0 Å². The van der Waals surface area contributed by atoms with Crippen molar-refractivity contribution in [3.05, 3.63) is 35.4 Å². The van der Waals surface area contributed by atoms with Crippen molar-refractivity contribution in [2.75, 3.05) is 6.54 Å². The van der Waals surface area contributed by atoms with Crippen molar-refractivity contribution < 1.29 is 0 Å². The molecule has 0 atom stereocenters. The van der Waals surface area contributed by atoms with Crippen molar-refractivity contribution in [3.63, 3.8) is 0 Å². The molecule has 0 spiro atoms. The molecule has 4 N–H and O–H groups in total. The molecule has 2 nitrogen and oxygen atoms in total. The molecule has 66 valence electrons. The summed E-state index contributed by atoms with van der Waals surface area (Å²) in [6.45, 7) is 1.38. The van der Waals surface area contributed by atoms with Crippen molar-refractivity contribution in [2.24, 2.45) is 11.5 Å². The van der Waals surface area contributed by atoms with E-state index in [9.17, 15) is 0 Å². The third kappa shape index (κ3) is 2.64. The summed E-state index contributed by atoms with van der Waals surface area (Å²) in [6.07, 6.45) is 2.11. The van der Waals surface area contributed by atoms with Crippen LogP contribution < -0.4 is 11.5 Å². The van der Waals surface area contributed by atoms with Crippen LogP contribution in [-0.4, -0.2) is 6.54 Å². The van der Waals surface area contributed by atoms with E-state index in [4.69, 9.17) is 11.5 Å². The largest absolute Gasteiger partial charge is 0.330 e. The zero-order valence-electron chi connectivity index (χ0n) is 7.29. The molecule has 0 aliphatic rings. The summed E-state index contributed by atoms with van der Waals surface area (Å²) >= 11 is 0. The van der Waals surface area contributed by atoms with E-state index in [1.165, 1.54) is 11.1 Å². The summed E-state index contributed by atoms with van der Waals surface area (Å²) in [5.41, 5.74) is 13.5. The fourth-order valence-electron chi connectivity index (χ4n) is 1.22. The van der Waals surface area contributed by atoms with Gasteiger partial charge in [0.25, 0.3) is 0 Å². The maximum absolute atomic E-state index is 5.52. The van der Waals surface area contributed by atoms with Gasteiger partial charge in [-0.25, -0.2) is 0 Å². The Labute approximate surface area is 73.6 Å². The van der Waals surface area contributed by atoms with Gasteiger partial charge in [-0.1, -0.05) is 24.3 Å². The van der Waals surface area contributed by atoms with E-state index in [-0.39, 0.29) is 0 Å². The molecule has 0 saturated heterocycles. The predicted octanol–water partition coefficient (Wildman–Crippen LogP) is 1.04. The van der Waals surface area contributed by atoms with Crippen LogP contribution in [0.4, 0.5) is 0 Å². The smallest absolute Gasteiger partial charge is 0.0178 e. The van der Waals surface area contributed by atoms with Gasteiger partial charge in [-0.2, -0.15) is 0 Å². The first-order valence-corrected chi connectivity index (χ1v) is 4.34. The number of rotatable bonds is 4. The number of hydrogen-bond donors (Lipinski definition) is 2. The van der Waals surface area contributed by atoms with Crippen LogP contribution in [0, 0.1) is 0 Å². The summed E-state index contributed by atoms with van der Waals surface area (Å²) in [5.74, 6) is 0. The number of hydrogen-bond acceptors (Lipinski definition) is 2. The van der Waals surface area contributed by atoms with Gasteiger partial charge in [0.15, 0.2) is 0 Å². The molecule has 0 aliphatic carbocycles. The molecular formula is C10H16N2. The van der Waals surface area contributed by atoms with Gasteiger partial charge in [0, 0.05) is 6.54 Å². The minimum atomic E-state index is 0.621. The van der Waals surface area contributed by atoms with E-state index in [1.807, 2.05) is 12.1 Å². The molecular weight excluding hydrogens is 148 g/mol. The zero-order valence-corrected chi connectivity index (χ0v) is 7.29. The van der Waals surface area contributed by atoms with Crippen molar-refractivity contribution in [3.8, 4) is 0 Å². The first-order chi connectivity index (χ1) is 5.86. The molecule has 0 amide bonds. The second-order valence-electron chi connectivity index (χ2n) is 2.92. The topological polar surface area (TPSA) is 52.0 Å². The maximum Gasteiger partial charge on any atom is 0.0178 e. The normalized spacial score (nSPS) is 10.2. The van der Waals surface area contributed by atoms with Gasteiger partial charge in [0.05, 0.1) is 0 Å². The van der Waals surface area contributed by atoms with Gasteiger partial charge in [0.1, 0.15) is 0 Å². The molecule has 0 heterocycles. The fourth-order valence-corrected chi connectivity index (χ4v) is 1.22. The molecule has 0 aliphatic heterocycles. The Bertz CT molecular complexity index is 233. The molecule has 2 heteroatoms. The van der Waals surface area contributed by atoms with E-state index in [1.54, 1.807) is 0 Å². The van der Waals surface area contributed by atoms with Crippen LogP contribution >= 0.6 is 0 Å². The zero-order chi connectivity index (χ0) is 8.81. The van der Waals surface area contributed by atoms with Crippen LogP contribution in [0.2, 0.25) is 0 Å². The maximum atomic E-state index is 5.52. The van der Waals surface area contributed by atoms with E-state index < -0.39 is 0 Å². The lowest BCUT2D eigenvalue weighted by Crippen LogP contribution is -2.01. The molecule has 1 aromatic carbocycles. The monoisotopic (exact) mass is 164 g/mol. The van der Waals surface area contributed by atoms with Gasteiger partial charge >= 0.3 is 0 Å². The summed E-state index contributed by atoms with van der Waals surface area (Å²) < 4.78 is 0. The number of aryl methyl sites for hydroxylation is 1. The molecule has 1 aromatic rings. The van der Waals surface area contributed by atoms with E-state index in [0.717, 1.165) is 19.4 Å². The Morgan fingerprint density at radius 1 is 1.08 bits per heavy atom. The first-order valence-electron chi connectivity index (χ1n) is 4.34. The lowest BCUT2D eigenvalue weighted by Gasteiger charge is -2.01. The van der Waals surface area contributed by atoms with Crippen LogP contribution in [-0.2, 0) is 13.0 Å². The second kappa shape index (κ2) is 4.91. The van der Waals surface area contributed by atoms with E-state index in [2.05, 4.69) is 12.1 Å². The second-order valence-corrected chi connectivity index (χ2v) is 2.92. The Balaban J connectivity index is 2.60. The Morgan fingerprint density at radius 2 is 1.83 bits per heavy atom. The number of benzene rings is 1. The Kier molecular flexibility index (Phi) is 3.77. The standard InChI is InChI=1S/C10H16N2/c11-6-2-5-9-3-1-4-10(7-9)8-12/h1,3-4,7H,2,5-6,8,11-12H2. The van der Waals surface area contributed by atoms with Crippen molar-refractivity contribution in [1.82, 2.24) is 0 Å². The molecule has 0 radical (unpaired) electrons. The van der Waals surface area contributed by atoms with Crippen LogP contribution in [0.1, 0.15) is 17.5 Å². The molecule has 0 fully saturated rings. The lowest BCUT2D eigenvalue weighted by molar-refractivity contribution is 0.830. The molecule has 0 aromatic heterocycles. The molecule has 12 heavy (non-hydrogen) atoms. The molecule has 0 unspecified atom stereocenters. The summed E-state index contributed by atoms with van der Waals surface area (Å²) in [7, 11) is 0. The van der Waals surface area contributed by atoms with Gasteiger partial charge in [-0.15, -0.1) is 0 Å². The van der Waals surface area contributed by atoms with Gasteiger partial charge < -0.3 is 11.5 Å². The molecule has 0 saturated carbocycles. The highest BCUT2D eigenvalue weighted by Gasteiger charge is 1.93.